The average molecular weight is 250 g/mol. The fourth-order valence-corrected chi connectivity index (χ4v) is 4.22. The first kappa shape index (κ1) is 12.5. The first-order valence-electron chi connectivity index (χ1n) is 7.66. The minimum atomic E-state index is 0.355. The highest BCUT2D eigenvalue weighted by Gasteiger charge is 2.44. The summed E-state index contributed by atoms with van der Waals surface area (Å²) in [5.41, 5.74) is 0.444. The van der Waals surface area contributed by atoms with Crippen molar-refractivity contribution >= 4 is 5.91 Å². The number of likely N-dealkylation sites (tertiary alicyclic amines) is 2. The molecule has 0 aromatic carbocycles. The molecule has 3 nitrogen and oxygen atoms in total. The number of amides is 1. The average Bonchev–Trinajstić information content (AvgIpc) is 2.97. The van der Waals surface area contributed by atoms with Crippen LogP contribution in [0.5, 0.6) is 0 Å². The summed E-state index contributed by atoms with van der Waals surface area (Å²) in [6.45, 7) is 4.46. The maximum absolute atomic E-state index is 12.5. The van der Waals surface area contributed by atoms with Gasteiger partial charge in [-0.1, -0.05) is 19.3 Å². The first-order valence-corrected chi connectivity index (χ1v) is 7.66. The fourth-order valence-electron chi connectivity index (χ4n) is 4.22. The first-order chi connectivity index (χ1) is 8.69. The van der Waals surface area contributed by atoms with Gasteiger partial charge in [0.15, 0.2) is 0 Å². The van der Waals surface area contributed by atoms with Crippen LogP contribution in [0.1, 0.15) is 44.9 Å². The number of carbonyl (C=O) groups excluding carboxylic acids is 1. The molecule has 0 N–H and O–H groups in total. The van der Waals surface area contributed by atoms with Gasteiger partial charge in [-0.3, -0.25) is 4.79 Å². The lowest BCUT2D eigenvalue weighted by atomic mass is 9.86. The van der Waals surface area contributed by atoms with Crippen LogP contribution in [0, 0.1) is 11.3 Å². The molecule has 3 aliphatic rings. The molecule has 0 aromatic rings. The molecule has 2 heterocycles. The summed E-state index contributed by atoms with van der Waals surface area (Å²) in [5, 5.41) is 0. The SMILES string of the molecule is CN1CC[C@]2(CCN(C(=O)C3CCCCC3)C2)C1. The van der Waals surface area contributed by atoms with Crippen molar-refractivity contribution in [3.05, 3.63) is 0 Å². The topological polar surface area (TPSA) is 23.6 Å². The van der Waals surface area contributed by atoms with E-state index >= 15 is 0 Å². The van der Waals surface area contributed by atoms with Crippen LogP contribution >= 0.6 is 0 Å². The third-order valence-electron chi connectivity index (χ3n) is 5.33. The molecule has 1 amide bonds. The Hall–Kier alpha value is -0.570. The van der Waals surface area contributed by atoms with Gasteiger partial charge in [0.2, 0.25) is 5.91 Å². The number of hydrogen-bond acceptors (Lipinski definition) is 2. The third kappa shape index (κ3) is 2.29. The van der Waals surface area contributed by atoms with Gasteiger partial charge in [-0.05, 0) is 39.3 Å². The largest absolute Gasteiger partial charge is 0.342 e. The molecular weight excluding hydrogens is 224 g/mol. The quantitative estimate of drug-likeness (QED) is 0.712. The Labute approximate surface area is 111 Å². The van der Waals surface area contributed by atoms with Crippen LogP contribution in [0.25, 0.3) is 0 Å². The number of hydrogen-bond donors (Lipinski definition) is 0. The second kappa shape index (κ2) is 4.84. The van der Waals surface area contributed by atoms with E-state index < -0.39 is 0 Å². The van der Waals surface area contributed by atoms with E-state index in [1.807, 2.05) is 0 Å². The van der Waals surface area contributed by atoms with Crippen molar-refractivity contribution < 1.29 is 4.79 Å². The highest BCUT2D eigenvalue weighted by molar-refractivity contribution is 5.79. The van der Waals surface area contributed by atoms with Gasteiger partial charge in [0.1, 0.15) is 0 Å². The Balaban J connectivity index is 1.59. The maximum Gasteiger partial charge on any atom is 0.225 e. The monoisotopic (exact) mass is 250 g/mol. The summed E-state index contributed by atoms with van der Waals surface area (Å²) in [4.78, 5) is 17.1. The van der Waals surface area contributed by atoms with E-state index in [-0.39, 0.29) is 0 Å². The van der Waals surface area contributed by atoms with Crippen LogP contribution in [0.3, 0.4) is 0 Å². The second-order valence-corrected chi connectivity index (χ2v) is 6.83. The highest BCUT2D eigenvalue weighted by atomic mass is 16.2. The van der Waals surface area contributed by atoms with Crippen LogP contribution < -0.4 is 0 Å². The number of rotatable bonds is 1. The van der Waals surface area contributed by atoms with Gasteiger partial charge in [0, 0.05) is 31.0 Å². The van der Waals surface area contributed by atoms with Gasteiger partial charge in [0.25, 0.3) is 0 Å². The van der Waals surface area contributed by atoms with E-state index in [0.29, 0.717) is 17.2 Å². The van der Waals surface area contributed by atoms with Crippen LogP contribution in [0.4, 0.5) is 0 Å². The molecule has 1 atom stereocenters. The summed E-state index contributed by atoms with van der Waals surface area (Å²) < 4.78 is 0. The van der Waals surface area contributed by atoms with E-state index in [0.717, 1.165) is 25.9 Å². The van der Waals surface area contributed by atoms with Gasteiger partial charge in [-0.25, -0.2) is 0 Å². The summed E-state index contributed by atoms with van der Waals surface area (Å²) in [6.07, 6.45) is 8.66. The van der Waals surface area contributed by atoms with Crippen molar-refractivity contribution in [2.45, 2.75) is 44.9 Å². The van der Waals surface area contributed by atoms with Gasteiger partial charge >= 0.3 is 0 Å². The molecule has 3 fully saturated rings. The van der Waals surface area contributed by atoms with Gasteiger partial charge < -0.3 is 9.80 Å². The molecule has 1 spiro atoms. The molecule has 1 aliphatic carbocycles. The zero-order valence-corrected chi connectivity index (χ0v) is 11.7. The Kier molecular flexibility index (Phi) is 3.35. The zero-order valence-electron chi connectivity index (χ0n) is 11.7. The van der Waals surface area contributed by atoms with Crippen molar-refractivity contribution in [1.82, 2.24) is 9.80 Å². The molecule has 0 unspecified atom stereocenters. The Morgan fingerprint density at radius 1 is 1.06 bits per heavy atom. The molecule has 0 bridgehead atoms. The highest BCUT2D eigenvalue weighted by Crippen LogP contribution is 2.40. The minimum absolute atomic E-state index is 0.355. The molecule has 1 saturated carbocycles. The molecular formula is C15H26N2O. The lowest BCUT2D eigenvalue weighted by molar-refractivity contribution is -0.135. The summed E-state index contributed by atoms with van der Waals surface area (Å²) in [6, 6.07) is 0. The lowest BCUT2D eigenvalue weighted by Gasteiger charge is -2.28. The van der Waals surface area contributed by atoms with Crippen LogP contribution in [-0.4, -0.2) is 48.9 Å². The number of nitrogens with zero attached hydrogens (tertiary/aromatic N) is 2. The molecule has 0 radical (unpaired) electrons. The standard InChI is InChI=1S/C15H26N2O/c1-16-9-7-15(11-16)8-10-17(12-15)14(18)13-5-3-2-4-6-13/h13H,2-12H2,1H3/t15-/m0/s1. The zero-order chi connectivity index (χ0) is 12.6. The lowest BCUT2D eigenvalue weighted by Crippen LogP contribution is -2.37. The van der Waals surface area contributed by atoms with Crippen LogP contribution in [0.15, 0.2) is 0 Å². The fraction of sp³-hybridized carbons (Fsp3) is 0.933. The summed E-state index contributed by atoms with van der Waals surface area (Å²) >= 11 is 0. The van der Waals surface area contributed by atoms with E-state index in [9.17, 15) is 4.79 Å². The van der Waals surface area contributed by atoms with Gasteiger partial charge in [-0.2, -0.15) is 0 Å². The Morgan fingerprint density at radius 2 is 1.78 bits per heavy atom. The molecule has 102 valence electrons. The minimum Gasteiger partial charge on any atom is -0.342 e. The molecule has 3 heteroatoms. The van der Waals surface area contributed by atoms with Crippen molar-refractivity contribution in [3.63, 3.8) is 0 Å². The van der Waals surface area contributed by atoms with Crippen molar-refractivity contribution in [1.29, 1.82) is 0 Å². The molecule has 2 saturated heterocycles. The van der Waals surface area contributed by atoms with E-state index in [1.165, 1.54) is 45.2 Å². The maximum atomic E-state index is 12.5. The van der Waals surface area contributed by atoms with E-state index in [2.05, 4.69) is 16.8 Å². The van der Waals surface area contributed by atoms with E-state index in [4.69, 9.17) is 0 Å². The van der Waals surface area contributed by atoms with Crippen molar-refractivity contribution in [3.8, 4) is 0 Å². The van der Waals surface area contributed by atoms with Crippen LogP contribution in [0.2, 0.25) is 0 Å². The van der Waals surface area contributed by atoms with Crippen LogP contribution in [-0.2, 0) is 4.79 Å². The molecule has 18 heavy (non-hydrogen) atoms. The molecule has 2 aliphatic heterocycles. The Morgan fingerprint density at radius 3 is 2.44 bits per heavy atom. The third-order valence-corrected chi connectivity index (χ3v) is 5.33. The summed E-state index contributed by atoms with van der Waals surface area (Å²) in [7, 11) is 2.21. The summed E-state index contributed by atoms with van der Waals surface area (Å²) in [5.74, 6) is 0.828. The molecule has 3 rings (SSSR count). The molecule has 0 aromatic heterocycles. The smallest absolute Gasteiger partial charge is 0.225 e. The predicted octanol–water partition coefficient (Wildman–Crippen LogP) is 2.12. The predicted molar refractivity (Wildman–Crippen MR) is 72.3 cm³/mol. The Bertz CT molecular complexity index is 324. The van der Waals surface area contributed by atoms with E-state index in [1.54, 1.807) is 0 Å². The second-order valence-electron chi connectivity index (χ2n) is 6.83. The van der Waals surface area contributed by atoms with Crippen molar-refractivity contribution in [2.24, 2.45) is 11.3 Å². The van der Waals surface area contributed by atoms with Crippen molar-refractivity contribution in [2.75, 3.05) is 33.2 Å². The van der Waals surface area contributed by atoms with Gasteiger partial charge in [0.05, 0.1) is 0 Å². The van der Waals surface area contributed by atoms with Gasteiger partial charge in [-0.15, -0.1) is 0 Å². The normalized spacial score (nSPS) is 34.6. The number of carbonyl (C=O) groups is 1.